The third-order valence-corrected chi connectivity index (χ3v) is 8.54. The molecule has 1 nitrogen and oxygen atoms in total. The van der Waals surface area contributed by atoms with Gasteiger partial charge in [-0.3, -0.25) is 0 Å². The SMILES string of the molecule is C1=CC2C(CN3CCC4(CCCc5ccccc54)CC3)CC23CC13. The smallest absolute Gasteiger partial charge is 0.00157 e. The van der Waals surface area contributed by atoms with Gasteiger partial charge in [0, 0.05) is 6.54 Å². The summed E-state index contributed by atoms with van der Waals surface area (Å²) >= 11 is 0. The standard InChI is InChI=1S/C23H29N/c1-2-6-20-17(4-1)5-3-9-22(20)10-12-24(13-11-22)16-18-14-23-15-19(23)7-8-21(18)23/h1-2,4,6-8,18-19,21H,3,5,9-16H2. The third-order valence-electron chi connectivity index (χ3n) is 8.54. The number of nitrogens with zero attached hydrogens (tertiary/aromatic N) is 1. The van der Waals surface area contributed by atoms with E-state index in [0.717, 1.165) is 23.2 Å². The molecule has 6 rings (SSSR count). The molecule has 0 aromatic heterocycles. The van der Waals surface area contributed by atoms with Crippen LogP contribution in [0.4, 0.5) is 0 Å². The van der Waals surface area contributed by atoms with Gasteiger partial charge in [0.15, 0.2) is 0 Å². The highest BCUT2D eigenvalue weighted by Crippen LogP contribution is 2.75. The average Bonchev–Trinajstić information content (AvgIpc) is 3.26. The minimum absolute atomic E-state index is 0.515. The largest absolute Gasteiger partial charge is 0.303 e. The van der Waals surface area contributed by atoms with Crippen LogP contribution < -0.4 is 0 Å². The first-order valence-corrected chi connectivity index (χ1v) is 10.3. The molecule has 4 atom stereocenters. The second-order valence-electron chi connectivity index (χ2n) is 9.51. The van der Waals surface area contributed by atoms with Crippen LogP contribution in [0.2, 0.25) is 0 Å². The molecule has 4 unspecified atom stereocenters. The van der Waals surface area contributed by atoms with Gasteiger partial charge in [-0.1, -0.05) is 36.4 Å². The van der Waals surface area contributed by atoms with Crippen LogP contribution in [0.1, 0.15) is 49.7 Å². The van der Waals surface area contributed by atoms with Crippen LogP contribution in [0.5, 0.6) is 0 Å². The van der Waals surface area contributed by atoms with E-state index in [0.29, 0.717) is 5.41 Å². The van der Waals surface area contributed by atoms with Crippen LogP contribution in [-0.2, 0) is 11.8 Å². The molecule has 2 spiro atoms. The number of aryl methyl sites for hydroxylation is 1. The van der Waals surface area contributed by atoms with Gasteiger partial charge in [-0.15, -0.1) is 0 Å². The number of fused-ring (bicyclic) bond motifs is 2. The third kappa shape index (κ3) is 1.80. The molecule has 1 saturated heterocycles. The van der Waals surface area contributed by atoms with Crippen LogP contribution in [-0.4, -0.2) is 24.5 Å². The Hall–Kier alpha value is -1.08. The van der Waals surface area contributed by atoms with Gasteiger partial charge in [0.05, 0.1) is 0 Å². The fraction of sp³-hybridized carbons (Fsp3) is 0.652. The van der Waals surface area contributed by atoms with Crippen molar-refractivity contribution in [1.29, 1.82) is 0 Å². The van der Waals surface area contributed by atoms with Crippen molar-refractivity contribution in [3.05, 3.63) is 47.5 Å². The van der Waals surface area contributed by atoms with E-state index in [-0.39, 0.29) is 0 Å². The molecule has 2 saturated carbocycles. The zero-order chi connectivity index (χ0) is 15.8. The summed E-state index contributed by atoms with van der Waals surface area (Å²) in [7, 11) is 0. The lowest BCUT2D eigenvalue weighted by Crippen LogP contribution is -2.49. The average molecular weight is 319 g/mol. The monoisotopic (exact) mass is 319 g/mol. The van der Waals surface area contributed by atoms with Crippen LogP contribution >= 0.6 is 0 Å². The topological polar surface area (TPSA) is 3.24 Å². The number of likely N-dealkylation sites (tertiary alicyclic amines) is 1. The lowest BCUT2D eigenvalue weighted by molar-refractivity contribution is 0.0341. The second-order valence-corrected chi connectivity index (χ2v) is 9.51. The molecule has 1 heteroatoms. The summed E-state index contributed by atoms with van der Waals surface area (Å²) in [6, 6.07) is 9.33. The van der Waals surface area contributed by atoms with Gasteiger partial charge in [0.2, 0.25) is 0 Å². The molecule has 5 aliphatic rings. The van der Waals surface area contributed by atoms with Gasteiger partial charge < -0.3 is 4.90 Å². The molecule has 0 N–H and O–H groups in total. The van der Waals surface area contributed by atoms with E-state index in [2.05, 4.69) is 41.3 Å². The first-order valence-electron chi connectivity index (χ1n) is 10.3. The number of hydrogen-bond acceptors (Lipinski definition) is 1. The lowest BCUT2D eigenvalue weighted by atomic mass is 9.62. The fourth-order valence-electron chi connectivity index (χ4n) is 7.09. The van der Waals surface area contributed by atoms with Crippen molar-refractivity contribution in [3.8, 4) is 0 Å². The van der Waals surface area contributed by atoms with Crippen molar-refractivity contribution in [2.75, 3.05) is 19.6 Å². The van der Waals surface area contributed by atoms with Crippen molar-refractivity contribution in [2.24, 2.45) is 23.2 Å². The normalized spacial score (nSPS) is 41.4. The quantitative estimate of drug-likeness (QED) is 0.722. The molecule has 4 aliphatic carbocycles. The molecule has 1 heterocycles. The van der Waals surface area contributed by atoms with E-state index < -0.39 is 0 Å². The Balaban J connectivity index is 1.14. The molecule has 1 aromatic rings. The van der Waals surface area contributed by atoms with E-state index in [1.807, 2.05) is 0 Å². The Bertz CT molecular complexity index is 696. The van der Waals surface area contributed by atoms with Crippen LogP contribution in [0, 0.1) is 23.2 Å². The maximum atomic E-state index is 2.81. The molecule has 126 valence electrons. The van der Waals surface area contributed by atoms with E-state index >= 15 is 0 Å². The van der Waals surface area contributed by atoms with Crippen molar-refractivity contribution >= 4 is 0 Å². The van der Waals surface area contributed by atoms with Crippen molar-refractivity contribution in [1.82, 2.24) is 4.90 Å². The highest BCUT2D eigenvalue weighted by molar-refractivity contribution is 5.37. The number of rotatable bonds is 2. The summed E-state index contributed by atoms with van der Waals surface area (Å²) in [6.45, 7) is 4.04. The van der Waals surface area contributed by atoms with Gasteiger partial charge in [-0.2, -0.15) is 0 Å². The predicted molar refractivity (Wildman–Crippen MR) is 98.0 cm³/mol. The molecule has 0 bridgehead atoms. The Morgan fingerprint density at radius 1 is 1.00 bits per heavy atom. The molecule has 1 aliphatic heterocycles. The molecule has 0 amide bonds. The van der Waals surface area contributed by atoms with Crippen molar-refractivity contribution in [2.45, 2.75) is 50.4 Å². The number of benzene rings is 1. The molecule has 1 aromatic carbocycles. The number of hydrogen-bond donors (Lipinski definition) is 0. The summed E-state index contributed by atoms with van der Waals surface area (Å²) in [4.78, 5) is 2.81. The Morgan fingerprint density at radius 2 is 1.88 bits per heavy atom. The molecule has 0 radical (unpaired) electrons. The predicted octanol–water partition coefficient (Wildman–Crippen LogP) is 4.57. The van der Waals surface area contributed by atoms with Crippen LogP contribution in [0.25, 0.3) is 0 Å². The Labute approximate surface area is 146 Å². The first-order chi connectivity index (χ1) is 11.8. The summed E-state index contributed by atoms with van der Waals surface area (Å²) in [6.07, 6.45) is 15.1. The molecular weight excluding hydrogens is 290 g/mol. The van der Waals surface area contributed by atoms with Crippen molar-refractivity contribution < 1.29 is 0 Å². The Morgan fingerprint density at radius 3 is 2.71 bits per heavy atom. The maximum absolute atomic E-state index is 2.81. The van der Waals surface area contributed by atoms with Gasteiger partial charge in [-0.25, -0.2) is 0 Å². The summed E-state index contributed by atoms with van der Waals surface area (Å²) in [5, 5.41) is 0. The zero-order valence-corrected chi connectivity index (χ0v) is 14.7. The minimum Gasteiger partial charge on any atom is -0.303 e. The molecule has 24 heavy (non-hydrogen) atoms. The van der Waals surface area contributed by atoms with E-state index in [4.69, 9.17) is 0 Å². The highest BCUT2D eigenvalue weighted by atomic mass is 15.1. The minimum atomic E-state index is 0.515. The van der Waals surface area contributed by atoms with E-state index in [1.165, 1.54) is 64.6 Å². The second kappa shape index (κ2) is 4.75. The summed E-state index contributed by atoms with van der Waals surface area (Å²) < 4.78 is 0. The van der Waals surface area contributed by atoms with Crippen LogP contribution in [0.15, 0.2) is 36.4 Å². The van der Waals surface area contributed by atoms with E-state index in [9.17, 15) is 0 Å². The van der Waals surface area contributed by atoms with Crippen molar-refractivity contribution in [3.63, 3.8) is 0 Å². The number of piperidine rings is 1. The van der Waals surface area contributed by atoms with Crippen LogP contribution in [0.3, 0.4) is 0 Å². The van der Waals surface area contributed by atoms with Gasteiger partial charge in [0.1, 0.15) is 0 Å². The maximum Gasteiger partial charge on any atom is 0.00157 e. The Kier molecular flexibility index (Phi) is 2.80. The fourth-order valence-corrected chi connectivity index (χ4v) is 7.09. The summed E-state index contributed by atoms with van der Waals surface area (Å²) in [5.74, 6) is 2.91. The summed E-state index contributed by atoms with van der Waals surface area (Å²) in [5.41, 5.74) is 4.66. The zero-order valence-electron chi connectivity index (χ0n) is 14.7. The number of allylic oxidation sites excluding steroid dienone is 2. The van der Waals surface area contributed by atoms with Gasteiger partial charge in [0.25, 0.3) is 0 Å². The first kappa shape index (κ1) is 14.1. The van der Waals surface area contributed by atoms with Gasteiger partial charge >= 0.3 is 0 Å². The molecular formula is C23H29N. The molecule has 3 fully saturated rings. The highest BCUT2D eigenvalue weighted by Gasteiger charge is 2.68. The lowest BCUT2D eigenvalue weighted by Gasteiger charge is -2.49. The van der Waals surface area contributed by atoms with Gasteiger partial charge in [-0.05, 0) is 97.7 Å². The van der Waals surface area contributed by atoms with E-state index in [1.54, 1.807) is 11.1 Å².